The maximum atomic E-state index is 12.0. The zero-order chi connectivity index (χ0) is 16.0. The predicted octanol–water partition coefficient (Wildman–Crippen LogP) is 2.57. The molecule has 2 rings (SSSR count). The van der Waals surface area contributed by atoms with Crippen molar-refractivity contribution in [3.05, 3.63) is 35.4 Å². The van der Waals surface area contributed by atoms with Crippen LogP contribution in [0.2, 0.25) is 0 Å². The first-order chi connectivity index (χ1) is 10.4. The van der Waals surface area contributed by atoms with Crippen LogP contribution in [0.15, 0.2) is 24.3 Å². The number of ether oxygens (including phenoxy) is 1. The van der Waals surface area contributed by atoms with Gasteiger partial charge in [-0.1, -0.05) is 45.0 Å². The Balaban J connectivity index is 1.91. The van der Waals surface area contributed by atoms with Gasteiger partial charge in [-0.2, -0.15) is 0 Å². The Morgan fingerprint density at radius 2 is 1.82 bits per heavy atom. The van der Waals surface area contributed by atoms with Gasteiger partial charge in [0, 0.05) is 32.6 Å². The van der Waals surface area contributed by atoms with Crippen molar-refractivity contribution in [2.75, 3.05) is 26.3 Å². The summed E-state index contributed by atoms with van der Waals surface area (Å²) in [5, 5.41) is 3.05. The molecule has 1 fully saturated rings. The molecule has 0 radical (unpaired) electrons. The second kappa shape index (κ2) is 7.75. The van der Waals surface area contributed by atoms with Crippen LogP contribution in [-0.4, -0.2) is 37.1 Å². The molecule has 1 aromatic rings. The third kappa shape index (κ3) is 5.78. The van der Waals surface area contributed by atoms with E-state index in [9.17, 15) is 4.79 Å². The highest BCUT2D eigenvalue weighted by atomic mass is 16.5. The third-order valence-electron chi connectivity index (χ3n) is 3.78. The van der Waals surface area contributed by atoms with Gasteiger partial charge >= 0.3 is 0 Å². The number of hydrogen-bond acceptors (Lipinski definition) is 3. The fourth-order valence-corrected chi connectivity index (χ4v) is 2.62. The Kier molecular flexibility index (Phi) is 5.98. The zero-order valence-electron chi connectivity index (χ0n) is 14.0. The minimum Gasteiger partial charge on any atom is -0.379 e. The molecule has 1 aromatic carbocycles. The molecule has 0 unspecified atom stereocenters. The van der Waals surface area contributed by atoms with Crippen LogP contribution < -0.4 is 5.32 Å². The first-order valence-corrected chi connectivity index (χ1v) is 8.08. The van der Waals surface area contributed by atoms with Crippen LogP contribution in [0.3, 0.4) is 0 Å². The summed E-state index contributed by atoms with van der Waals surface area (Å²) in [4.78, 5) is 14.4. The molecule has 1 heterocycles. The Morgan fingerprint density at radius 1 is 1.18 bits per heavy atom. The molecule has 4 nitrogen and oxygen atoms in total. The van der Waals surface area contributed by atoms with Crippen molar-refractivity contribution in [2.45, 2.75) is 40.3 Å². The van der Waals surface area contributed by atoms with E-state index in [-0.39, 0.29) is 11.3 Å². The Bertz CT molecular complexity index is 488. The van der Waals surface area contributed by atoms with Gasteiger partial charge in [-0.3, -0.25) is 9.69 Å². The lowest BCUT2D eigenvalue weighted by atomic mass is 9.92. The number of benzene rings is 1. The van der Waals surface area contributed by atoms with Crippen molar-refractivity contribution in [1.82, 2.24) is 10.2 Å². The van der Waals surface area contributed by atoms with E-state index in [0.717, 1.165) is 32.8 Å². The molecule has 0 spiro atoms. The van der Waals surface area contributed by atoms with E-state index in [0.29, 0.717) is 13.0 Å². The van der Waals surface area contributed by atoms with Gasteiger partial charge in [0.05, 0.1) is 13.2 Å². The Morgan fingerprint density at radius 3 is 2.45 bits per heavy atom. The van der Waals surface area contributed by atoms with Crippen LogP contribution in [0, 0.1) is 5.41 Å². The van der Waals surface area contributed by atoms with Crippen LogP contribution in [-0.2, 0) is 22.6 Å². The Hall–Kier alpha value is -1.39. The molecule has 0 aliphatic carbocycles. The first-order valence-electron chi connectivity index (χ1n) is 8.08. The SMILES string of the molecule is CC(C)(C)CC(=O)NCc1ccccc1CN1CCOCC1. The molecule has 0 bridgehead atoms. The molecular formula is C18H28N2O2. The van der Waals surface area contributed by atoms with Gasteiger partial charge in [-0.05, 0) is 16.5 Å². The number of carbonyl (C=O) groups excluding carboxylic acids is 1. The van der Waals surface area contributed by atoms with E-state index in [1.54, 1.807) is 0 Å². The maximum absolute atomic E-state index is 12.0. The smallest absolute Gasteiger partial charge is 0.220 e. The number of rotatable bonds is 5. The number of morpholine rings is 1. The van der Waals surface area contributed by atoms with E-state index in [1.807, 2.05) is 6.07 Å². The molecule has 1 saturated heterocycles. The molecule has 1 aliphatic rings. The summed E-state index contributed by atoms with van der Waals surface area (Å²) in [7, 11) is 0. The summed E-state index contributed by atoms with van der Waals surface area (Å²) in [6, 6.07) is 8.36. The fourth-order valence-electron chi connectivity index (χ4n) is 2.62. The topological polar surface area (TPSA) is 41.6 Å². The van der Waals surface area contributed by atoms with Crippen molar-refractivity contribution < 1.29 is 9.53 Å². The van der Waals surface area contributed by atoms with Gasteiger partial charge in [0.2, 0.25) is 5.91 Å². The standard InChI is InChI=1S/C18H28N2O2/c1-18(2,3)12-17(21)19-13-15-6-4-5-7-16(15)14-20-8-10-22-11-9-20/h4-7H,8-14H2,1-3H3,(H,19,21). The zero-order valence-corrected chi connectivity index (χ0v) is 14.0. The summed E-state index contributed by atoms with van der Waals surface area (Å²) >= 11 is 0. The molecule has 4 heteroatoms. The summed E-state index contributed by atoms with van der Waals surface area (Å²) in [6.45, 7) is 11.4. The number of carbonyl (C=O) groups is 1. The molecule has 1 N–H and O–H groups in total. The highest BCUT2D eigenvalue weighted by molar-refractivity contribution is 5.76. The van der Waals surface area contributed by atoms with E-state index in [1.165, 1.54) is 11.1 Å². The molecule has 22 heavy (non-hydrogen) atoms. The number of nitrogens with one attached hydrogen (secondary N) is 1. The van der Waals surface area contributed by atoms with Crippen molar-refractivity contribution in [3.8, 4) is 0 Å². The van der Waals surface area contributed by atoms with Crippen LogP contribution in [0.5, 0.6) is 0 Å². The van der Waals surface area contributed by atoms with Crippen LogP contribution >= 0.6 is 0 Å². The lowest BCUT2D eigenvalue weighted by Crippen LogP contribution is -2.36. The van der Waals surface area contributed by atoms with Crippen LogP contribution in [0.4, 0.5) is 0 Å². The number of hydrogen-bond donors (Lipinski definition) is 1. The quantitative estimate of drug-likeness (QED) is 0.909. The van der Waals surface area contributed by atoms with E-state index < -0.39 is 0 Å². The van der Waals surface area contributed by atoms with Crippen molar-refractivity contribution in [3.63, 3.8) is 0 Å². The Labute approximate surface area is 133 Å². The van der Waals surface area contributed by atoms with Gasteiger partial charge in [0.25, 0.3) is 0 Å². The summed E-state index contributed by atoms with van der Waals surface area (Å²) < 4.78 is 5.39. The largest absolute Gasteiger partial charge is 0.379 e. The van der Waals surface area contributed by atoms with Gasteiger partial charge in [-0.15, -0.1) is 0 Å². The lowest BCUT2D eigenvalue weighted by molar-refractivity contribution is -0.122. The summed E-state index contributed by atoms with van der Waals surface area (Å²) in [5.74, 6) is 0.119. The lowest BCUT2D eigenvalue weighted by Gasteiger charge is -2.27. The fraction of sp³-hybridized carbons (Fsp3) is 0.611. The molecule has 0 atom stereocenters. The van der Waals surface area contributed by atoms with Gasteiger partial charge < -0.3 is 10.1 Å². The van der Waals surface area contributed by atoms with Crippen molar-refractivity contribution in [2.24, 2.45) is 5.41 Å². The average Bonchev–Trinajstić information content (AvgIpc) is 2.46. The van der Waals surface area contributed by atoms with Gasteiger partial charge in [0.15, 0.2) is 0 Å². The molecule has 0 saturated carbocycles. The normalized spacial score (nSPS) is 16.5. The first kappa shape index (κ1) is 17.0. The highest BCUT2D eigenvalue weighted by Gasteiger charge is 2.16. The summed E-state index contributed by atoms with van der Waals surface area (Å²) in [6.07, 6.45) is 0.554. The van der Waals surface area contributed by atoms with E-state index in [4.69, 9.17) is 4.74 Å². The third-order valence-corrected chi connectivity index (χ3v) is 3.78. The van der Waals surface area contributed by atoms with Crippen LogP contribution in [0.1, 0.15) is 38.3 Å². The van der Waals surface area contributed by atoms with Gasteiger partial charge in [-0.25, -0.2) is 0 Å². The van der Waals surface area contributed by atoms with Gasteiger partial charge in [0.1, 0.15) is 0 Å². The average molecular weight is 304 g/mol. The minimum absolute atomic E-state index is 0.0252. The molecule has 122 valence electrons. The second-order valence-corrected chi connectivity index (χ2v) is 7.17. The monoisotopic (exact) mass is 304 g/mol. The molecule has 1 aliphatic heterocycles. The molecule has 0 aromatic heterocycles. The van der Waals surface area contributed by atoms with E-state index in [2.05, 4.69) is 49.2 Å². The predicted molar refractivity (Wildman–Crippen MR) is 88.5 cm³/mol. The highest BCUT2D eigenvalue weighted by Crippen LogP contribution is 2.18. The van der Waals surface area contributed by atoms with E-state index >= 15 is 0 Å². The van der Waals surface area contributed by atoms with Crippen molar-refractivity contribution >= 4 is 5.91 Å². The number of nitrogens with zero attached hydrogens (tertiary/aromatic N) is 1. The minimum atomic E-state index is 0.0252. The molecule has 1 amide bonds. The summed E-state index contributed by atoms with van der Waals surface area (Å²) in [5.41, 5.74) is 2.52. The molecular weight excluding hydrogens is 276 g/mol. The second-order valence-electron chi connectivity index (χ2n) is 7.17. The number of amides is 1. The maximum Gasteiger partial charge on any atom is 0.220 e. The van der Waals surface area contributed by atoms with Crippen molar-refractivity contribution in [1.29, 1.82) is 0 Å². The van der Waals surface area contributed by atoms with Crippen LogP contribution in [0.25, 0.3) is 0 Å².